The van der Waals surface area contributed by atoms with Crippen molar-refractivity contribution >= 4 is 21.4 Å². The SMILES string of the molecule is O=C(Cn1cc([N+](=O)[O-])ccc1=O)N(Cc1ccccc1)[C@H]1C=CS(=O)(=O)C1. The van der Waals surface area contributed by atoms with E-state index in [0.29, 0.717) is 0 Å². The van der Waals surface area contributed by atoms with E-state index in [0.717, 1.165) is 33.9 Å². The van der Waals surface area contributed by atoms with E-state index in [1.54, 1.807) is 24.3 Å². The summed E-state index contributed by atoms with van der Waals surface area (Å²) in [5.41, 5.74) is -0.0847. The Labute approximate surface area is 160 Å². The van der Waals surface area contributed by atoms with Gasteiger partial charge in [-0.15, -0.1) is 0 Å². The van der Waals surface area contributed by atoms with Gasteiger partial charge in [0.05, 0.1) is 22.9 Å². The standard InChI is InChI=1S/C18H17N3O6S/c22-17-7-6-15(21(24)25)11-19(17)12-18(23)20(10-14-4-2-1-3-5-14)16-8-9-28(26,27)13-16/h1-9,11,16H,10,12-13H2/t16-/m0/s1. The third kappa shape index (κ3) is 4.52. The fourth-order valence-corrected chi connectivity index (χ4v) is 4.21. The number of nitro groups is 1. The number of hydrogen-bond donors (Lipinski definition) is 0. The van der Waals surface area contributed by atoms with Crippen molar-refractivity contribution in [2.24, 2.45) is 0 Å². The quantitative estimate of drug-likeness (QED) is 0.526. The number of benzene rings is 1. The van der Waals surface area contributed by atoms with Crippen LogP contribution < -0.4 is 5.56 Å². The van der Waals surface area contributed by atoms with Crippen molar-refractivity contribution < 1.29 is 18.1 Å². The first-order valence-electron chi connectivity index (χ1n) is 8.34. The minimum atomic E-state index is -3.40. The topological polar surface area (TPSA) is 120 Å². The predicted octanol–water partition coefficient (Wildman–Crippen LogP) is 1.10. The van der Waals surface area contributed by atoms with Crippen LogP contribution in [0.15, 0.2) is 64.9 Å². The Kier molecular flexibility index (Phi) is 5.41. The van der Waals surface area contributed by atoms with Gasteiger partial charge < -0.3 is 4.90 Å². The van der Waals surface area contributed by atoms with Crippen molar-refractivity contribution in [3.05, 3.63) is 86.2 Å². The number of carbonyl (C=O) groups excluding carboxylic acids is 1. The van der Waals surface area contributed by atoms with Crippen LogP contribution in [0, 0.1) is 10.1 Å². The number of rotatable bonds is 6. The van der Waals surface area contributed by atoms with Crippen LogP contribution in [-0.2, 0) is 27.7 Å². The third-order valence-corrected chi connectivity index (χ3v) is 5.69. The lowest BCUT2D eigenvalue weighted by molar-refractivity contribution is -0.385. The van der Waals surface area contributed by atoms with Crippen LogP contribution in [0.3, 0.4) is 0 Å². The Morgan fingerprint density at radius 3 is 2.54 bits per heavy atom. The number of hydrogen-bond acceptors (Lipinski definition) is 6. The van der Waals surface area contributed by atoms with Gasteiger partial charge >= 0.3 is 0 Å². The molecule has 0 N–H and O–H groups in total. The van der Waals surface area contributed by atoms with E-state index in [1.807, 2.05) is 6.07 Å². The highest BCUT2D eigenvalue weighted by Crippen LogP contribution is 2.18. The maximum atomic E-state index is 12.9. The summed E-state index contributed by atoms with van der Waals surface area (Å²) in [6.45, 7) is -0.286. The highest BCUT2D eigenvalue weighted by molar-refractivity contribution is 7.94. The van der Waals surface area contributed by atoms with Crippen LogP contribution in [0.2, 0.25) is 0 Å². The van der Waals surface area contributed by atoms with Gasteiger partial charge in [0, 0.05) is 24.1 Å². The molecule has 28 heavy (non-hydrogen) atoms. The Balaban J connectivity index is 1.88. The van der Waals surface area contributed by atoms with Crippen molar-refractivity contribution in [2.75, 3.05) is 5.75 Å². The largest absolute Gasteiger partial charge is 0.329 e. The summed E-state index contributed by atoms with van der Waals surface area (Å²) in [6.07, 6.45) is 2.44. The molecule has 0 aliphatic carbocycles. The summed E-state index contributed by atoms with van der Waals surface area (Å²) in [5.74, 6) is -0.756. The molecule has 1 aliphatic heterocycles. The lowest BCUT2D eigenvalue weighted by atomic mass is 10.1. The monoisotopic (exact) mass is 403 g/mol. The summed E-state index contributed by atoms with van der Waals surface area (Å²) in [5, 5.41) is 12.0. The molecule has 1 aromatic heterocycles. The molecule has 146 valence electrons. The smallest absolute Gasteiger partial charge is 0.285 e. The summed E-state index contributed by atoms with van der Waals surface area (Å²) >= 11 is 0. The summed E-state index contributed by atoms with van der Waals surface area (Å²) in [7, 11) is -3.40. The Morgan fingerprint density at radius 1 is 1.21 bits per heavy atom. The highest BCUT2D eigenvalue weighted by atomic mass is 32.2. The molecule has 3 rings (SSSR count). The molecule has 1 atom stereocenters. The molecule has 2 aromatic rings. The van der Waals surface area contributed by atoms with E-state index < -0.39 is 38.8 Å². The maximum Gasteiger partial charge on any atom is 0.285 e. The zero-order valence-corrected chi connectivity index (χ0v) is 15.5. The Hall–Kier alpha value is -3.27. The first-order chi connectivity index (χ1) is 13.2. The van der Waals surface area contributed by atoms with E-state index in [-0.39, 0.29) is 18.0 Å². The van der Waals surface area contributed by atoms with Crippen LogP contribution in [0.1, 0.15) is 5.56 Å². The molecule has 0 bridgehead atoms. The Bertz CT molecular complexity index is 1090. The molecule has 1 aliphatic rings. The van der Waals surface area contributed by atoms with Crippen LogP contribution in [0.25, 0.3) is 0 Å². The zero-order valence-electron chi connectivity index (χ0n) is 14.7. The van der Waals surface area contributed by atoms with E-state index in [4.69, 9.17) is 0 Å². The first-order valence-corrected chi connectivity index (χ1v) is 10.1. The molecular weight excluding hydrogens is 386 g/mol. The minimum absolute atomic E-state index is 0.147. The molecule has 10 heteroatoms. The third-order valence-electron chi connectivity index (χ3n) is 4.31. The summed E-state index contributed by atoms with van der Waals surface area (Å²) < 4.78 is 24.5. The van der Waals surface area contributed by atoms with Crippen molar-refractivity contribution in [3.63, 3.8) is 0 Å². The molecule has 0 fully saturated rings. The van der Waals surface area contributed by atoms with Gasteiger partial charge in [0.2, 0.25) is 5.91 Å². The summed E-state index contributed by atoms with van der Waals surface area (Å²) in [6, 6.07) is 10.4. The Morgan fingerprint density at radius 2 is 1.93 bits per heavy atom. The van der Waals surface area contributed by atoms with E-state index in [9.17, 15) is 28.1 Å². The van der Waals surface area contributed by atoms with Crippen molar-refractivity contribution in [1.29, 1.82) is 0 Å². The van der Waals surface area contributed by atoms with Crippen LogP contribution >= 0.6 is 0 Å². The minimum Gasteiger partial charge on any atom is -0.329 e. The number of carbonyl (C=O) groups is 1. The first kappa shape index (κ1) is 19.5. The van der Waals surface area contributed by atoms with Crippen molar-refractivity contribution in [2.45, 2.75) is 19.1 Å². The zero-order chi connectivity index (χ0) is 20.3. The van der Waals surface area contributed by atoms with E-state index in [2.05, 4.69) is 0 Å². The average molecular weight is 403 g/mol. The number of sulfone groups is 1. The molecular formula is C18H17N3O6S. The van der Waals surface area contributed by atoms with Gasteiger partial charge in [-0.05, 0) is 11.6 Å². The van der Waals surface area contributed by atoms with Gasteiger partial charge in [-0.1, -0.05) is 30.3 Å². The molecule has 1 amide bonds. The molecule has 0 saturated carbocycles. The molecule has 1 aromatic carbocycles. The van der Waals surface area contributed by atoms with Crippen LogP contribution in [0.4, 0.5) is 5.69 Å². The molecule has 0 unspecified atom stereocenters. The fourth-order valence-electron chi connectivity index (χ4n) is 2.91. The van der Waals surface area contributed by atoms with Gasteiger partial charge in [0.1, 0.15) is 6.54 Å². The highest BCUT2D eigenvalue weighted by Gasteiger charge is 2.30. The number of amides is 1. The maximum absolute atomic E-state index is 12.9. The van der Waals surface area contributed by atoms with Gasteiger partial charge in [0.15, 0.2) is 9.84 Å². The second-order valence-corrected chi connectivity index (χ2v) is 8.27. The predicted molar refractivity (Wildman–Crippen MR) is 101 cm³/mol. The van der Waals surface area contributed by atoms with Gasteiger partial charge in [-0.3, -0.25) is 24.3 Å². The lowest BCUT2D eigenvalue weighted by Gasteiger charge is -2.28. The average Bonchev–Trinajstić information content (AvgIpc) is 3.01. The molecule has 0 saturated heterocycles. The lowest BCUT2D eigenvalue weighted by Crippen LogP contribution is -2.43. The second kappa shape index (κ2) is 7.77. The van der Waals surface area contributed by atoms with Crippen molar-refractivity contribution in [1.82, 2.24) is 9.47 Å². The second-order valence-electron chi connectivity index (χ2n) is 6.34. The molecule has 0 radical (unpaired) electrons. The molecule has 9 nitrogen and oxygen atoms in total. The van der Waals surface area contributed by atoms with Crippen molar-refractivity contribution in [3.8, 4) is 0 Å². The van der Waals surface area contributed by atoms with Gasteiger partial charge in [-0.2, -0.15) is 0 Å². The number of aromatic nitrogens is 1. The van der Waals surface area contributed by atoms with E-state index >= 15 is 0 Å². The number of pyridine rings is 1. The normalized spacial score (nSPS) is 17.4. The number of nitrogens with zero attached hydrogens (tertiary/aromatic N) is 3. The van der Waals surface area contributed by atoms with Crippen LogP contribution in [-0.4, -0.2) is 40.5 Å². The summed E-state index contributed by atoms with van der Waals surface area (Å²) in [4.78, 5) is 36.5. The molecule has 2 heterocycles. The van der Waals surface area contributed by atoms with Crippen LogP contribution in [0.5, 0.6) is 0 Å². The van der Waals surface area contributed by atoms with E-state index in [1.165, 1.54) is 11.0 Å². The van der Waals surface area contributed by atoms with Gasteiger partial charge in [-0.25, -0.2) is 8.42 Å². The molecule has 0 spiro atoms. The fraction of sp³-hybridized carbons (Fsp3) is 0.222. The van der Waals surface area contributed by atoms with Gasteiger partial charge in [0.25, 0.3) is 11.2 Å².